The quantitative estimate of drug-likeness (QED) is 0.771. The fraction of sp³-hybridized carbons (Fsp3) is 0.0714. The highest BCUT2D eigenvalue weighted by Gasteiger charge is 2.02. The van der Waals surface area contributed by atoms with E-state index in [1.807, 2.05) is 60.4 Å². The average molecular weight is 287 g/mol. The number of halogens is 1. The zero-order valence-electron chi connectivity index (χ0n) is 9.39. The van der Waals surface area contributed by atoms with E-state index in [4.69, 9.17) is 0 Å². The zero-order chi connectivity index (χ0) is 12.3. The largest absolute Gasteiger partial charge is 0.357 e. The van der Waals surface area contributed by atoms with Crippen molar-refractivity contribution in [2.24, 2.45) is 7.05 Å². The maximum Gasteiger partial charge on any atom is 0.0998 e. The molecule has 0 radical (unpaired) electrons. The molecule has 0 aliphatic heterocycles. The first-order valence-corrected chi connectivity index (χ1v) is 5.98. The zero-order valence-corrected chi connectivity index (χ0v) is 11.0. The number of benzene rings is 1. The smallest absolute Gasteiger partial charge is 0.0998 e. The molecule has 0 aliphatic carbocycles. The van der Waals surface area contributed by atoms with Crippen molar-refractivity contribution in [2.45, 2.75) is 0 Å². The summed E-state index contributed by atoms with van der Waals surface area (Å²) in [6.07, 6.45) is 5.83. The first-order valence-electron chi connectivity index (χ1n) is 5.19. The van der Waals surface area contributed by atoms with Crippen molar-refractivity contribution in [2.75, 3.05) is 0 Å². The van der Waals surface area contributed by atoms with E-state index < -0.39 is 0 Å². The molecule has 1 heterocycles. The Hall–Kier alpha value is -1.79. The van der Waals surface area contributed by atoms with E-state index in [1.54, 1.807) is 0 Å². The molecule has 0 unspecified atom stereocenters. The van der Waals surface area contributed by atoms with Gasteiger partial charge in [0.1, 0.15) is 0 Å². The second-order valence-electron chi connectivity index (χ2n) is 3.79. The minimum absolute atomic E-state index is 0.664. The Bertz CT molecular complexity index is 603. The van der Waals surface area contributed by atoms with Crippen LogP contribution in [0.2, 0.25) is 0 Å². The lowest BCUT2D eigenvalue weighted by Crippen LogP contribution is -1.82. The van der Waals surface area contributed by atoms with Gasteiger partial charge in [-0.05, 0) is 35.4 Å². The van der Waals surface area contributed by atoms with Crippen LogP contribution in [0.4, 0.5) is 0 Å². The third-order valence-electron chi connectivity index (χ3n) is 2.42. The molecule has 0 spiro atoms. The van der Waals surface area contributed by atoms with Gasteiger partial charge in [0.25, 0.3) is 0 Å². The summed E-state index contributed by atoms with van der Waals surface area (Å²) in [5.41, 5.74) is 2.62. The number of allylic oxidation sites excluding steroid dienone is 1. The van der Waals surface area contributed by atoms with Crippen LogP contribution in [-0.2, 0) is 7.05 Å². The number of aryl methyl sites for hydroxylation is 1. The summed E-state index contributed by atoms with van der Waals surface area (Å²) in [5.74, 6) is 0. The fourth-order valence-electron chi connectivity index (χ4n) is 1.61. The Labute approximate surface area is 109 Å². The topological polar surface area (TPSA) is 28.7 Å². The molecular formula is C14H11BrN2. The van der Waals surface area contributed by atoms with Gasteiger partial charge in [-0.15, -0.1) is 0 Å². The van der Waals surface area contributed by atoms with Gasteiger partial charge in [0.15, 0.2) is 0 Å². The van der Waals surface area contributed by atoms with Gasteiger partial charge in [-0.3, -0.25) is 0 Å². The number of hydrogen-bond donors (Lipinski definition) is 0. The Balaban J connectivity index is 2.41. The molecule has 0 fully saturated rings. The average Bonchev–Trinajstić information content (AvgIpc) is 2.72. The molecule has 0 N–H and O–H groups in total. The third kappa shape index (κ3) is 2.86. The Morgan fingerprint density at radius 2 is 2.24 bits per heavy atom. The second kappa shape index (κ2) is 5.03. The summed E-state index contributed by atoms with van der Waals surface area (Å²) in [6.45, 7) is 0. The lowest BCUT2D eigenvalue weighted by Gasteiger charge is -1.99. The Kier molecular flexibility index (Phi) is 3.46. The predicted molar refractivity (Wildman–Crippen MR) is 73.0 cm³/mol. The van der Waals surface area contributed by atoms with E-state index in [9.17, 15) is 5.26 Å². The van der Waals surface area contributed by atoms with Gasteiger partial charge < -0.3 is 4.57 Å². The van der Waals surface area contributed by atoms with Crippen molar-refractivity contribution < 1.29 is 0 Å². The van der Waals surface area contributed by atoms with Crippen LogP contribution in [0.15, 0.2) is 47.2 Å². The van der Waals surface area contributed by atoms with Crippen LogP contribution in [0.5, 0.6) is 0 Å². The van der Waals surface area contributed by atoms with Crippen LogP contribution in [0, 0.1) is 11.3 Å². The summed E-state index contributed by atoms with van der Waals surface area (Å²) in [4.78, 5) is 0. The van der Waals surface area contributed by atoms with Gasteiger partial charge in [0, 0.05) is 23.9 Å². The van der Waals surface area contributed by atoms with E-state index in [-0.39, 0.29) is 0 Å². The van der Waals surface area contributed by atoms with Crippen LogP contribution in [-0.4, -0.2) is 4.57 Å². The monoisotopic (exact) mass is 286 g/mol. The second-order valence-corrected chi connectivity index (χ2v) is 4.71. The number of nitrogens with zero attached hydrogens (tertiary/aromatic N) is 2. The highest BCUT2D eigenvalue weighted by molar-refractivity contribution is 9.10. The highest BCUT2D eigenvalue weighted by atomic mass is 79.9. The van der Waals surface area contributed by atoms with Crippen molar-refractivity contribution >= 4 is 27.6 Å². The van der Waals surface area contributed by atoms with Gasteiger partial charge in [-0.2, -0.15) is 5.26 Å². The lowest BCUT2D eigenvalue weighted by molar-refractivity contribution is 0.927. The molecule has 3 heteroatoms. The van der Waals surface area contributed by atoms with Crippen LogP contribution in [0.25, 0.3) is 11.6 Å². The van der Waals surface area contributed by atoms with E-state index in [2.05, 4.69) is 22.0 Å². The van der Waals surface area contributed by atoms with Crippen molar-refractivity contribution in [1.29, 1.82) is 5.26 Å². The van der Waals surface area contributed by atoms with Crippen LogP contribution in [0.3, 0.4) is 0 Å². The summed E-state index contributed by atoms with van der Waals surface area (Å²) in [5, 5.41) is 9.20. The molecule has 2 aromatic rings. The summed E-state index contributed by atoms with van der Waals surface area (Å²) >= 11 is 3.41. The summed E-state index contributed by atoms with van der Waals surface area (Å²) in [7, 11) is 1.96. The molecule has 1 aromatic carbocycles. The molecule has 84 valence electrons. The minimum atomic E-state index is 0.664. The number of nitriles is 1. The van der Waals surface area contributed by atoms with Gasteiger partial charge in [0.05, 0.1) is 11.6 Å². The first kappa shape index (κ1) is 11.7. The van der Waals surface area contributed by atoms with Gasteiger partial charge in [-0.25, -0.2) is 0 Å². The lowest BCUT2D eigenvalue weighted by atomic mass is 10.1. The number of rotatable bonds is 2. The van der Waals surface area contributed by atoms with E-state index in [0.29, 0.717) is 5.57 Å². The molecule has 1 aromatic heterocycles. The molecule has 2 rings (SSSR count). The summed E-state index contributed by atoms with van der Waals surface area (Å²) < 4.78 is 2.94. The van der Waals surface area contributed by atoms with Gasteiger partial charge >= 0.3 is 0 Å². The Morgan fingerprint density at radius 1 is 1.41 bits per heavy atom. The molecule has 2 nitrogen and oxygen atoms in total. The molecular weight excluding hydrogens is 276 g/mol. The molecule has 0 amide bonds. The molecule has 0 aliphatic rings. The molecule has 17 heavy (non-hydrogen) atoms. The molecule has 0 atom stereocenters. The number of hydrogen-bond acceptors (Lipinski definition) is 1. The molecule has 0 saturated heterocycles. The SMILES string of the molecule is Cn1ccc(/C=C(\C#N)c2cccc(Br)c2)c1. The molecule has 0 bridgehead atoms. The van der Waals surface area contributed by atoms with Crippen LogP contribution < -0.4 is 0 Å². The maximum absolute atomic E-state index is 9.20. The van der Waals surface area contributed by atoms with Crippen molar-refractivity contribution in [1.82, 2.24) is 4.57 Å². The van der Waals surface area contributed by atoms with Crippen LogP contribution in [0.1, 0.15) is 11.1 Å². The number of aromatic nitrogens is 1. The van der Waals surface area contributed by atoms with E-state index in [1.165, 1.54) is 0 Å². The predicted octanol–water partition coefficient (Wildman–Crippen LogP) is 3.85. The third-order valence-corrected chi connectivity index (χ3v) is 2.92. The van der Waals surface area contributed by atoms with E-state index in [0.717, 1.165) is 15.6 Å². The molecule has 0 saturated carbocycles. The first-order chi connectivity index (χ1) is 8.19. The van der Waals surface area contributed by atoms with E-state index >= 15 is 0 Å². The van der Waals surface area contributed by atoms with Crippen LogP contribution >= 0.6 is 15.9 Å². The highest BCUT2D eigenvalue weighted by Crippen LogP contribution is 2.21. The standard InChI is InChI=1S/C14H11BrN2/c1-17-6-5-11(10-17)7-13(9-16)12-3-2-4-14(15)8-12/h2-8,10H,1H3/b13-7+. The van der Waals surface area contributed by atoms with Crippen molar-refractivity contribution in [3.05, 3.63) is 58.3 Å². The van der Waals surface area contributed by atoms with Gasteiger partial charge in [-0.1, -0.05) is 28.1 Å². The maximum atomic E-state index is 9.20. The van der Waals surface area contributed by atoms with Gasteiger partial charge in [0.2, 0.25) is 0 Å². The van der Waals surface area contributed by atoms with Crippen molar-refractivity contribution in [3.8, 4) is 6.07 Å². The minimum Gasteiger partial charge on any atom is -0.357 e. The fourth-order valence-corrected chi connectivity index (χ4v) is 2.01. The summed E-state index contributed by atoms with van der Waals surface area (Å²) in [6, 6.07) is 12.0. The van der Waals surface area contributed by atoms with Crippen molar-refractivity contribution in [3.63, 3.8) is 0 Å². The Morgan fingerprint density at radius 3 is 2.82 bits per heavy atom. The normalized spacial score (nSPS) is 11.2.